The van der Waals surface area contributed by atoms with Gasteiger partial charge in [-0.1, -0.05) is 19.4 Å². The molecule has 1 atom stereocenters. The Kier molecular flexibility index (Phi) is 8.76. The van der Waals surface area contributed by atoms with Crippen molar-refractivity contribution in [3.63, 3.8) is 0 Å². The number of amides is 2. The minimum atomic E-state index is -4.99. The Morgan fingerprint density at radius 3 is 2.56 bits per heavy atom. The van der Waals surface area contributed by atoms with Gasteiger partial charge in [-0.05, 0) is 36.2 Å². The molecule has 2 aromatic rings. The molecule has 1 aromatic carbocycles. The molecule has 1 aliphatic rings. The summed E-state index contributed by atoms with van der Waals surface area (Å²) in [4.78, 5) is 19.0. The Morgan fingerprint density at radius 2 is 1.97 bits per heavy atom. The smallest absolute Gasteiger partial charge is 0.406 e. The van der Waals surface area contributed by atoms with E-state index in [1.165, 1.54) is 12.3 Å². The maximum atomic E-state index is 12.9. The number of pyridine rings is 1. The number of rotatable bonds is 11. The first-order valence-electron chi connectivity index (χ1n) is 11.1. The average Bonchev–Trinajstić information content (AvgIpc) is 3.10. The number of sulfonamides is 1. The summed E-state index contributed by atoms with van der Waals surface area (Å²) in [5.74, 6) is -0.646. The number of nitrogens with one attached hydrogen (secondary N) is 1. The standard InChI is InChI=1S/C22H27F3N4O6S/c1-3-4-11-34-20(30)27-36(32,33)19-8-6-16(35-22(23,24)25)12-17(19)18-7-5-15(13-26-18)14-29-10-9-28(2)21(29)31/h5-8,12-13,20,27,30H,3-4,9-11,14H2,1-2H3. The summed E-state index contributed by atoms with van der Waals surface area (Å²) in [6.45, 7) is 3.37. The number of benzene rings is 1. The number of aromatic nitrogens is 1. The number of aliphatic hydroxyl groups excluding tert-OH is 1. The van der Waals surface area contributed by atoms with E-state index in [9.17, 15) is 31.5 Å². The van der Waals surface area contributed by atoms with E-state index in [0.29, 0.717) is 25.1 Å². The van der Waals surface area contributed by atoms with Crippen LogP contribution in [0.2, 0.25) is 0 Å². The van der Waals surface area contributed by atoms with Crippen molar-refractivity contribution in [1.82, 2.24) is 19.5 Å². The fourth-order valence-electron chi connectivity index (χ4n) is 3.46. The molecule has 2 heterocycles. The van der Waals surface area contributed by atoms with Crippen molar-refractivity contribution in [1.29, 1.82) is 0 Å². The molecule has 36 heavy (non-hydrogen) atoms. The van der Waals surface area contributed by atoms with Crippen LogP contribution in [0.5, 0.6) is 5.75 Å². The van der Waals surface area contributed by atoms with Crippen LogP contribution in [0, 0.1) is 0 Å². The van der Waals surface area contributed by atoms with Crippen molar-refractivity contribution >= 4 is 16.1 Å². The maximum Gasteiger partial charge on any atom is 0.573 e. The van der Waals surface area contributed by atoms with E-state index in [0.717, 1.165) is 24.6 Å². The highest BCUT2D eigenvalue weighted by Gasteiger charge is 2.32. The molecule has 0 aliphatic carbocycles. The lowest BCUT2D eigenvalue weighted by molar-refractivity contribution is -0.274. The van der Waals surface area contributed by atoms with E-state index in [2.05, 4.69) is 9.72 Å². The predicted octanol–water partition coefficient (Wildman–Crippen LogP) is 2.89. The summed E-state index contributed by atoms with van der Waals surface area (Å²) >= 11 is 0. The first kappa shape index (κ1) is 27.6. The van der Waals surface area contributed by atoms with Gasteiger partial charge in [0, 0.05) is 38.4 Å². The van der Waals surface area contributed by atoms with Crippen LogP contribution < -0.4 is 9.46 Å². The van der Waals surface area contributed by atoms with Crippen LogP contribution in [-0.2, 0) is 21.3 Å². The Labute approximate surface area is 206 Å². The van der Waals surface area contributed by atoms with Gasteiger partial charge < -0.3 is 24.4 Å². The van der Waals surface area contributed by atoms with Crippen molar-refractivity contribution in [3.05, 3.63) is 42.1 Å². The Morgan fingerprint density at radius 1 is 1.22 bits per heavy atom. The number of hydrogen-bond acceptors (Lipinski definition) is 7. The number of halogens is 3. The highest BCUT2D eigenvalue weighted by Crippen LogP contribution is 2.33. The lowest BCUT2D eigenvalue weighted by Crippen LogP contribution is -2.37. The highest BCUT2D eigenvalue weighted by atomic mass is 32.2. The number of nitrogens with zero attached hydrogens (tertiary/aromatic N) is 3. The van der Waals surface area contributed by atoms with Gasteiger partial charge in [-0.25, -0.2) is 13.2 Å². The zero-order chi connectivity index (χ0) is 26.5. The third-order valence-electron chi connectivity index (χ3n) is 5.28. The van der Waals surface area contributed by atoms with Crippen molar-refractivity contribution in [3.8, 4) is 17.0 Å². The highest BCUT2D eigenvalue weighted by molar-refractivity contribution is 7.89. The van der Waals surface area contributed by atoms with E-state index in [4.69, 9.17) is 4.74 Å². The fourth-order valence-corrected chi connectivity index (χ4v) is 4.62. The second-order valence-electron chi connectivity index (χ2n) is 8.08. The SMILES string of the molecule is CCCCOC(O)NS(=O)(=O)c1ccc(OC(F)(F)F)cc1-c1ccc(CN2CCN(C)C2=O)cn1. The molecule has 0 radical (unpaired) electrons. The number of ether oxygens (including phenoxy) is 2. The topological polar surface area (TPSA) is 121 Å². The second-order valence-corrected chi connectivity index (χ2v) is 9.76. The van der Waals surface area contributed by atoms with Gasteiger partial charge in [0.2, 0.25) is 16.4 Å². The van der Waals surface area contributed by atoms with Gasteiger partial charge >= 0.3 is 12.4 Å². The normalized spacial score (nSPS) is 15.4. The van der Waals surface area contributed by atoms with E-state index >= 15 is 0 Å². The number of hydrogen-bond donors (Lipinski definition) is 2. The molecular formula is C22H27F3N4O6S. The minimum Gasteiger partial charge on any atom is -0.406 e. The number of unbranched alkanes of at least 4 members (excludes halogenated alkanes) is 1. The van der Waals surface area contributed by atoms with Crippen LogP contribution in [0.1, 0.15) is 25.3 Å². The number of alkyl halides is 3. The van der Waals surface area contributed by atoms with Gasteiger partial charge in [0.15, 0.2) is 0 Å². The molecule has 0 spiro atoms. The van der Waals surface area contributed by atoms with Crippen LogP contribution in [0.4, 0.5) is 18.0 Å². The second kappa shape index (κ2) is 11.4. The molecule has 3 rings (SSSR count). The third-order valence-corrected chi connectivity index (χ3v) is 6.73. The fraction of sp³-hybridized carbons (Fsp3) is 0.455. The van der Waals surface area contributed by atoms with E-state index in [1.54, 1.807) is 22.9 Å². The van der Waals surface area contributed by atoms with Crippen LogP contribution in [0.15, 0.2) is 41.4 Å². The molecule has 2 N–H and O–H groups in total. The quantitative estimate of drug-likeness (QED) is 0.337. The lowest BCUT2D eigenvalue weighted by Gasteiger charge is -2.18. The van der Waals surface area contributed by atoms with Crippen molar-refractivity contribution < 1.29 is 41.0 Å². The molecule has 0 bridgehead atoms. The van der Waals surface area contributed by atoms with Crippen molar-refractivity contribution in [2.24, 2.45) is 0 Å². The van der Waals surface area contributed by atoms with Gasteiger partial charge in [-0.3, -0.25) is 4.98 Å². The van der Waals surface area contributed by atoms with Crippen LogP contribution in [0.25, 0.3) is 11.3 Å². The monoisotopic (exact) mass is 532 g/mol. The summed E-state index contributed by atoms with van der Waals surface area (Å²) in [6, 6.07) is 5.55. The maximum absolute atomic E-state index is 12.9. The molecule has 1 saturated heterocycles. The van der Waals surface area contributed by atoms with E-state index < -0.39 is 33.4 Å². The van der Waals surface area contributed by atoms with E-state index in [-0.39, 0.29) is 30.4 Å². The summed E-state index contributed by atoms with van der Waals surface area (Å²) in [5.41, 5.74) is 0.499. The van der Waals surface area contributed by atoms with Gasteiger partial charge in [0.1, 0.15) is 5.75 Å². The first-order chi connectivity index (χ1) is 16.9. The number of urea groups is 1. The van der Waals surface area contributed by atoms with Crippen LogP contribution >= 0.6 is 0 Å². The van der Waals surface area contributed by atoms with Gasteiger partial charge in [0.25, 0.3) is 0 Å². The molecule has 1 fully saturated rings. The number of aliphatic hydroxyl groups is 1. The molecule has 14 heteroatoms. The zero-order valence-electron chi connectivity index (χ0n) is 19.7. The molecule has 1 aliphatic heterocycles. The Hall–Kier alpha value is -2.94. The van der Waals surface area contributed by atoms with Gasteiger partial charge in [-0.2, -0.15) is 4.72 Å². The average molecular weight is 533 g/mol. The molecule has 0 saturated carbocycles. The summed E-state index contributed by atoms with van der Waals surface area (Å²) in [7, 11) is -2.76. The third kappa shape index (κ3) is 7.29. The molecule has 198 valence electrons. The molecular weight excluding hydrogens is 505 g/mol. The van der Waals surface area contributed by atoms with Crippen molar-refractivity contribution in [2.75, 3.05) is 26.7 Å². The Bertz CT molecular complexity index is 1160. The molecule has 10 nitrogen and oxygen atoms in total. The predicted molar refractivity (Wildman–Crippen MR) is 122 cm³/mol. The Balaban J connectivity index is 1.90. The van der Waals surface area contributed by atoms with E-state index in [1.807, 2.05) is 11.6 Å². The summed E-state index contributed by atoms with van der Waals surface area (Å²) in [6.07, 6.45) is -4.10. The number of carbonyl (C=O) groups is 1. The minimum absolute atomic E-state index is 0.0398. The zero-order valence-corrected chi connectivity index (χ0v) is 20.5. The number of likely N-dealkylation sites (N-methyl/N-ethyl adjacent to an activating group) is 1. The van der Waals surface area contributed by atoms with Crippen LogP contribution in [0.3, 0.4) is 0 Å². The molecule has 2 amide bonds. The van der Waals surface area contributed by atoms with Gasteiger partial charge in [-0.15, -0.1) is 13.2 Å². The summed E-state index contributed by atoms with van der Waals surface area (Å²) in [5, 5.41) is 9.92. The molecule has 1 unspecified atom stereocenters. The van der Waals surface area contributed by atoms with Crippen molar-refractivity contribution in [2.45, 2.75) is 44.0 Å². The first-order valence-corrected chi connectivity index (χ1v) is 12.5. The molecule has 1 aromatic heterocycles. The summed E-state index contributed by atoms with van der Waals surface area (Å²) < 4.78 is 75.1. The van der Waals surface area contributed by atoms with Gasteiger partial charge in [0.05, 0.1) is 17.2 Å². The van der Waals surface area contributed by atoms with Crippen LogP contribution in [-0.4, -0.2) is 73.9 Å². The number of carbonyl (C=O) groups excluding carboxylic acids is 1. The lowest BCUT2D eigenvalue weighted by atomic mass is 10.1. The largest absolute Gasteiger partial charge is 0.573 e.